The number of ether oxygens (including phenoxy) is 1. The Balaban J connectivity index is 2.60. The van der Waals surface area contributed by atoms with Gasteiger partial charge in [-0.25, -0.2) is 4.98 Å². The van der Waals surface area contributed by atoms with Crippen molar-refractivity contribution in [2.24, 2.45) is 0 Å². The molecule has 0 fully saturated rings. The van der Waals surface area contributed by atoms with Crippen LogP contribution in [0.1, 0.15) is 18.9 Å². The quantitative estimate of drug-likeness (QED) is 0.796. The summed E-state index contributed by atoms with van der Waals surface area (Å²) >= 11 is 0. The van der Waals surface area contributed by atoms with Crippen LogP contribution in [0.2, 0.25) is 0 Å². The van der Waals surface area contributed by atoms with Gasteiger partial charge in [0, 0.05) is 26.0 Å². The molecule has 0 aliphatic heterocycles. The molecule has 0 aliphatic rings. The van der Waals surface area contributed by atoms with E-state index in [4.69, 9.17) is 10.00 Å². The Hall–Kier alpha value is -1.60. The van der Waals surface area contributed by atoms with Gasteiger partial charge in [-0.3, -0.25) is 0 Å². The highest BCUT2D eigenvalue weighted by atomic mass is 16.5. The van der Waals surface area contributed by atoms with E-state index in [9.17, 15) is 0 Å². The molecule has 4 nitrogen and oxygen atoms in total. The average molecular weight is 205 g/mol. The summed E-state index contributed by atoms with van der Waals surface area (Å²) in [6.45, 7) is 2.73. The van der Waals surface area contributed by atoms with Gasteiger partial charge >= 0.3 is 0 Å². The molecule has 1 unspecified atom stereocenters. The Morgan fingerprint density at radius 2 is 2.47 bits per heavy atom. The minimum absolute atomic E-state index is 0.243. The first-order chi connectivity index (χ1) is 7.27. The van der Waals surface area contributed by atoms with Gasteiger partial charge in [0.2, 0.25) is 0 Å². The van der Waals surface area contributed by atoms with Crippen molar-refractivity contribution < 1.29 is 4.74 Å². The molecular formula is C11H15N3O. The van der Waals surface area contributed by atoms with E-state index in [1.807, 2.05) is 6.92 Å². The van der Waals surface area contributed by atoms with E-state index >= 15 is 0 Å². The van der Waals surface area contributed by atoms with Crippen molar-refractivity contribution in [2.45, 2.75) is 19.4 Å². The molecule has 1 rings (SSSR count). The summed E-state index contributed by atoms with van der Waals surface area (Å²) in [7, 11) is 1.67. The predicted molar refractivity (Wildman–Crippen MR) is 58.5 cm³/mol. The number of methoxy groups -OCH3 is 1. The Kier molecular flexibility index (Phi) is 4.58. The zero-order valence-electron chi connectivity index (χ0n) is 9.03. The summed E-state index contributed by atoms with van der Waals surface area (Å²) in [6.07, 6.45) is 2.56. The maximum Gasteiger partial charge on any atom is 0.144 e. The van der Waals surface area contributed by atoms with Crippen molar-refractivity contribution in [1.29, 1.82) is 5.26 Å². The van der Waals surface area contributed by atoms with Crippen LogP contribution in [-0.4, -0.2) is 24.7 Å². The monoisotopic (exact) mass is 205 g/mol. The summed E-state index contributed by atoms with van der Waals surface area (Å²) in [5, 5.41) is 12.0. The maximum atomic E-state index is 8.85. The second-order valence-electron chi connectivity index (χ2n) is 3.34. The largest absolute Gasteiger partial charge is 0.385 e. The summed E-state index contributed by atoms with van der Waals surface area (Å²) in [4.78, 5) is 4.12. The lowest BCUT2D eigenvalue weighted by atomic mass is 10.2. The van der Waals surface area contributed by atoms with Crippen LogP contribution < -0.4 is 5.32 Å². The van der Waals surface area contributed by atoms with Crippen molar-refractivity contribution in [3.63, 3.8) is 0 Å². The van der Waals surface area contributed by atoms with Crippen molar-refractivity contribution in [1.82, 2.24) is 4.98 Å². The van der Waals surface area contributed by atoms with Crippen LogP contribution in [0.3, 0.4) is 0 Å². The van der Waals surface area contributed by atoms with Crippen molar-refractivity contribution in [2.75, 3.05) is 19.0 Å². The van der Waals surface area contributed by atoms with Gasteiger partial charge in [-0.15, -0.1) is 0 Å². The molecular weight excluding hydrogens is 190 g/mol. The molecule has 4 heteroatoms. The topological polar surface area (TPSA) is 57.9 Å². The molecule has 0 saturated carbocycles. The standard InChI is InChI=1S/C11H15N3O/c1-9(5-7-15-2)14-11-10(8-12)4-3-6-13-11/h3-4,6,9H,5,7H2,1-2H3,(H,13,14). The van der Waals surface area contributed by atoms with Crippen LogP contribution in [0.5, 0.6) is 0 Å². The molecule has 0 bridgehead atoms. The van der Waals surface area contributed by atoms with Crippen LogP contribution in [0.25, 0.3) is 0 Å². The van der Waals surface area contributed by atoms with Gasteiger partial charge in [-0.1, -0.05) is 0 Å². The lowest BCUT2D eigenvalue weighted by Gasteiger charge is -2.14. The van der Waals surface area contributed by atoms with Crippen LogP contribution >= 0.6 is 0 Å². The maximum absolute atomic E-state index is 8.85. The van der Waals surface area contributed by atoms with Crippen molar-refractivity contribution >= 4 is 5.82 Å². The van der Waals surface area contributed by atoms with Crippen LogP contribution in [0, 0.1) is 11.3 Å². The molecule has 1 aromatic heterocycles. The number of hydrogen-bond donors (Lipinski definition) is 1. The zero-order chi connectivity index (χ0) is 11.1. The van der Waals surface area contributed by atoms with E-state index in [1.54, 1.807) is 25.4 Å². The van der Waals surface area contributed by atoms with Crippen molar-refractivity contribution in [3.05, 3.63) is 23.9 Å². The summed E-state index contributed by atoms with van der Waals surface area (Å²) in [5.74, 6) is 0.642. The number of anilines is 1. The number of hydrogen-bond acceptors (Lipinski definition) is 4. The fraction of sp³-hybridized carbons (Fsp3) is 0.455. The highest BCUT2D eigenvalue weighted by molar-refractivity contribution is 5.51. The normalized spacial score (nSPS) is 11.8. The zero-order valence-corrected chi connectivity index (χ0v) is 9.03. The number of nitrogens with one attached hydrogen (secondary N) is 1. The molecule has 0 radical (unpaired) electrons. The second kappa shape index (κ2) is 5.99. The molecule has 0 aliphatic carbocycles. The van der Waals surface area contributed by atoms with Crippen molar-refractivity contribution in [3.8, 4) is 6.07 Å². The van der Waals surface area contributed by atoms with E-state index in [0.717, 1.165) is 6.42 Å². The molecule has 0 aromatic carbocycles. The molecule has 1 aromatic rings. The lowest BCUT2D eigenvalue weighted by molar-refractivity contribution is 0.191. The molecule has 0 spiro atoms. The molecule has 1 N–H and O–H groups in total. The van der Waals surface area contributed by atoms with Gasteiger partial charge in [0.1, 0.15) is 11.9 Å². The van der Waals surface area contributed by atoms with E-state index in [0.29, 0.717) is 18.0 Å². The summed E-state index contributed by atoms with van der Waals surface area (Å²) in [5.41, 5.74) is 0.571. The summed E-state index contributed by atoms with van der Waals surface area (Å²) < 4.78 is 4.98. The number of nitriles is 1. The second-order valence-corrected chi connectivity index (χ2v) is 3.34. The fourth-order valence-electron chi connectivity index (χ4n) is 1.21. The van der Waals surface area contributed by atoms with E-state index in [1.165, 1.54) is 0 Å². The van der Waals surface area contributed by atoms with Gasteiger partial charge in [0.25, 0.3) is 0 Å². The number of aromatic nitrogens is 1. The smallest absolute Gasteiger partial charge is 0.144 e. The van der Waals surface area contributed by atoms with Gasteiger partial charge < -0.3 is 10.1 Å². The Bertz CT molecular complexity index is 346. The average Bonchev–Trinajstić information content (AvgIpc) is 2.27. The van der Waals surface area contributed by atoms with E-state index in [2.05, 4.69) is 16.4 Å². The third-order valence-corrected chi connectivity index (χ3v) is 2.07. The van der Waals surface area contributed by atoms with E-state index in [-0.39, 0.29) is 6.04 Å². The molecule has 15 heavy (non-hydrogen) atoms. The van der Waals surface area contributed by atoms with Gasteiger partial charge in [-0.05, 0) is 25.5 Å². The Morgan fingerprint density at radius 3 is 3.13 bits per heavy atom. The van der Waals surface area contributed by atoms with Gasteiger partial charge in [0.15, 0.2) is 0 Å². The molecule has 1 atom stereocenters. The highest BCUT2D eigenvalue weighted by Crippen LogP contribution is 2.11. The predicted octanol–water partition coefficient (Wildman–Crippen LogP) is 1.79. The van der Waals surface area contributed by atoms with Crippen LogP contribution in [0.15, 0.2) is 18.3 Å². The molecule has 80 valence electrons. The first-order valence-electron chi connectivity index (χ1n) is 4.88. The minimum atomic E-state index is 0.243. The fourth-order valence-corrected chi connectivity index (χ4v) is 1.21. The molecule has 1 heterocycles. The number of pyridine rings is 1. The van der Waals surface area contributed by atoms with Gasteiger partial charge in [-0.2, -0.15) is 5.26 Å². The SMILES string of the molecule is COCCC(C)Nc1ncccc1C#N. The first kappa shape index (κ1) is 11.5. The molecule has 0 amide bonds. The highest BCUT2D eigenvalue weighted by Gasteiger charge is 2.06. The van der Waals surface area contributed by atoms with Crippen LogP contribution in [0.4, 0.5) is 5.82 Å². The first-order valence-corrected chi connectivity index (χ1v) is 4.88. The third-order valence-electron chi connectivity index (χ3n) is 2.07. The Morgan fingerprint density at radius 1 is 1.67 bits per heavy atom. The van der Waals surface area contributed by atoms with E-state index < -0.39 is 0 Å². The Labute approximate surface area is 89.9 Å². The third kappa shape index (κ3) is 3.56. The van der Waals surface area contributed by atoms with Gasteiger partial charge in [0.05, 0.1) is 5.56 Å². The number of rotatable bonds is 5. The lowest BCUT2D eigenvalue weighted by Crippen LogP contribution is -2.18. The summed E-state index contributed by atoms with van der Waals surface area (Å²) in [6, 6.07) is 5.85. The van der Waals surface area contributed by atoms with Crippen LogP contribution in [-0.2, 0) is 4.74 Å². The molecule has 0 saturated heterocycles. The minimum Gasteiger partial charge on any atom is -0.385 e. The number of nitrogens with zero attached hydrogens (tertiary/aromatic N) is 2.